The first-order valence-electron chi connectivity index (χ1n) is 13.1. The fourth-order valence-electron chi connectivity index (χ4n) is 6.03. The molecule has 196 valence electrons. The average molecular weight is 514 g/mol. The van der Waals surface area contributed by atoms with Gasteiger partial charge in [-0.05, 0) is 29.9 Å². The minimum absolute atomic E-state index is 0.0824. The predicted molar refractivity (Wildman–Crippen MR) is 139 cm³/mol. The molecule has 2 N–H and O–H groups in total. The van der Waals surface area contributed by atoms with Gasteiger partial charge in [-0.15, -0.1) is 0 Å². The van der Waals surface area contributed by atoms with Crippen LogP contribution in [0.3, 0.4) is 0 Å². The van der Waals surface area contributed by atoms with Crippen LogP contribution in [0.25, 0.3) is 0 Å². The standard InChI is InChI=1S/C31H31NO6/c33-26(25-14-8-3-9-15-25)31(35)27(36-20-22-10-4-1-5-11-22)30(28(34)32-31)21-37-29(38-30)18-16-24(17-19-29)23-12-6-2-7-13-23/h1-15,24,27,35H,16-21H2,(H,32,34)/t24?,27?,29?,30-,31-/m1/s1. The first-order valence-corrected chi connectivity index (χ1v) is 13.1. The normalized spacial score (nSPS) is 32.5. The van der Waals surface area contributed by atoms with E-state index in [-0.39, 0.29) is 18.8 Å². The fraction of sp³-hybridized carbons (Fsp3) is 0.355. The van der Waals surface area contributed by atoms with Gasteiger partial charge in [0.15, 0.2) is 11.9 Å². The Morgan fingerprint density at radius 2 is 1.53 bits per heavy atom. The number of carbonyl (C=O) groups is 2. The second-order valence-electron chi connectivity index (χ2n) is 10.5. The number of rotatable bonds is 6. The van der Waals surface area contributed by atoms with E-state index in [0.717, 1.165) is 18.4 Å². The maximum Gasteiger partial charge on any atom is 0.260 e. The largest absolute Gasteiger partial charge is 0.364 e. The molecule has 2 saturated heterocycles. The van der Waals surface area contributed by atoms with Gasteiger partial charge < -0.3 is 24.6 Å². The summed E-state index contributed by atoms with van der Waals surface area (Å²) in [5.74, 6) is -1.86. The molecule has 2 heterocycles. The van der Waals surface area contributed by atoms with Gasteiger partial charge in [0, 0.05) is 18.4 Å². The van der Waals surface area contributed by atoms with Gasteiger partial charge in [-0.3, -0.25) is 9.59 Å². The van der Waals surface area contributed by atoms with E-state index >= 15 is 0 Å². The molecule has 3 aromatic carbocycles. The molecule has 3 aliphatic rings. The molecule has 7 heteroatoms. The van der Waals surface area contributed by atoms with Crippen LogP contribution in [-0.4, -0.2) is 46.6 Å². The number of carbonyl (C=O) groups excluding carboxylic acids is 2. The van der Waals surface area contributed by atoms with Crippen molar-refractivity contribution in [2.75, 3.05) is 6.61 Å². The first kappa shape index (κ1) is 24.9. The van der Waals surface area contributed by atoms with Gasteiger partial charge in [-0.2, -0.15) is 0 Å². The molecular weight excluding hydrogens is 482 g/mol. The number of benzene rings is 3. The van der Waals surface area contributed by atoms with Crippen LogP contribution in [0, 0.1) is 0 Å². The molecule has 2 aliphatic heterocycles. The SMILES string of the molecule is O=C(c1ccccc1)[C@]1(O)NC(=O)[C@@]2(COC3(CCC(c4ccccc4)CC3)O2)C1OCc1ccccc1. The minimum Gasteiger partial charge on any atom is -0.364 e. The van der Waals surface area contributed by atoms with Crippen molar-refractivity contribution < 1.29 is 28.9 Å². The second kappa shape index (κ2) is 9.75. The number of hydrogen-bond acceptors (Lipinski definition) is 6. The molecule has 3 aromatic rings. The summed E-state index contributed by atoms with van der Waals surface area (Å²) in [7, 11) is 0. The van der Waals surface area contributed by atoms with E-state index in [2.05, 4.69) is 17.4 Å². The third kappa shape index (κ3) is 4.25. The van der Waals surface area contributed by atoms with Crippen LogP contribution in [0.5, 0.6) is 0 Å². The Kier molecular flexibility index (Phi) is 6.40. The summed E-state index contributed by atoms with van der Waals surface area (Å²) in [6.07, 6.45) is 1.55. The van der Waals surface area contributed by atoms with Gasteiger partial charge in [0.2, 0.25) is 17.1 Å². The molecule has 1 unspecified atom stereocenters. The van der Waals surface area contributed by atoms with Crippen molar-refractivity contribution in [3.8, 4) is 0 Å². The van der Waals surface area contributed by atoms with Crippen LogP contribution in [0.2, 0.25) is 0 Å². The lowest BCUT2D eigenvalue weighted by molar-refractivity contribution is -0.229. The Morgan fingerprint density at radius 1 is 0.921 bits per heavy atom. The van der Waals surface area contributed by atoms with Gasteiger partial charge in [0.25, 0.3) is 5.91 Å². The average Bonchev–Trinajstić information content (AvgIpc) is 3.43. The Labute approximate surface area is 221 Å². The molecule has 0 radical (unpaired) electrons. The highest BCUT2D eigenvalue weighted by molar-refractivity contribution is 6.08. The van der Waals surface area contributed by atoms with Crippen molar-refractivity contribution in [1.29, 1.82) is 0 Å². The molecule has 0 aromatic heterocycles. The quantitative estimate of drug-likeness (QED) is 0.482. The van der Waals surface area contributed by atoms with Crippen molar-refractivity contribution in [2.45, 2.75) is 61.4 Å². The van der Waals surface area contributed by atoms with Gasteiger partial charge >= 0.3 is 0 Å². The molecule has 1 amide bonds. The predicted octanol–water partition coefficient (Wildman–Crippen LogP) is 4.11. The maximum atomic E-state index is 13.6. The number of Topliss-reactive ketones (excluding diaryl/α,β-unsaturated/α-hetero) is 1. The number of ether oxygens (including phenoxy) is 3. The molecule has 1 saturated carbocycles. The summed E-state index contributed by atoms with van der Waals surface area (Å²) in [5.41, 5.74) is -1.59. The zero-order valence-electron chi connectivity index (χ0n) is 21.0. The van der Waals surface area contributed by atoms with Crippen molar-refractivity contribution in [3.63, 3.8) is 0 Å². The van der Waals surface area contributed by atoms with Gasteiger partial charge in [-0.1, -0.05) is 91.0 Å². The van der Waals surface area contributed by atoms with Crippen LogP contribution >= 0.6 is 0 Å². The molecule has 1 aliphatic carbocycles. The van der Waals surface area contributed by atoms with E-state index in [0.29, 0.717) is 18.8 Å². The Bertz CT molecular complexity index is 1290. The monoisotopic (exact) mass is 513 g/mol. The number of hydrogen-bond donors (Lipinski definition) is 2. The zero-order chi connectivity index (χ0) is 26.2. The van der Waals surface area contributed by atoms with Crippen molar-refractivity contribution >= 4 is 11.7 Å². The maximum absolute atomic E-state index is 13.6. The summed E-state index contributed by atoms with van der Waals surface area (Å²) in [6, 6.07) is 28.2. The molecular formula is C31H31NO6. The highest BCUT2D eigenvalue weighted by Crippen LogP contribution is 2.50. The van der Waals surface area contributed by atoms with Gasteiger partial charge in [-0.25, -0.2) is 0 Å². The van der Waals surface area contributed by atoms with E-state index < -0.39 is 34.9 Å². The third-order valence-electron chi connectivity index (χ3n) is 8.07. The fourth-order valence-corrected chi connectivity index (χ4v) is 6.03. The molecule has 0 bridgehead atoms. The summed E-state index contributed by atoms with van der Waals surface area (Å²) in [4.78, 5) is 27.2. The van der Waals surface area contributed by atoms with Gasteiger partial charge in [0.1, 0.15) is 0 Å². The Hall–Kier alpha value is -3.36. The number of ketones is 1. The van der Waals surface area contributed by atoms with E-state index in [1.807, 2.05) is 48.5 Å². The highest BCUT2D eigenvalue weighted by atomic mass is 16.8. The smallest absolute Gasteiger partial charge is 0.260 e. The van der Waals surface area contributed by atoms with Crippen molar-refractivity contribution in [3.05, 3.63) is 108 Å². The number of amides is 1. The summed E-state index contributed by atoms with van der Waals surface area (Å²) in [5, 5.41) is 14.3. The topological polar surface area (TPSA) is 94.1 Å². The molecule has 3 atom stereocenters. The molecule has 6 rings (SSSR count). The van der Waals surface area contributed by atoms with E-state index in [4.69, 9.17) is 14.2 Å². The molecule has 38 heavy (non-hydrogen) atoms. The minimum atomic E-state index is -2.32. The van der Waals surface area contributed by atoms with Crippen LogP contribution in [-0.2, 0) is 25.6 Å². The van der Waals surface area contributed by atoms with Crippen molar-refractivity contribution in [2.24, 2.45) is 0 Å². The zero-order valence-corrected chi connectivity index (χ0v) is 21.0. The molecule has 2 spiro atoms. The van der Waals surface area contributed by atoms with Crippen LogP contribution in [0.4, 0.5) is 0 Å². The summed E-state index contributed by atoms with van der Waals surface area (Å²) < 4.78 is 19.0. The number of nitrogens with one attached hydrogen (secondary N) is 1. The lowest BCUT2D eigenvalue weighted by Gasteiger charge is -2.38. The molecule has 3 fully saturated rings. The van der Waals surface area contributed by atoms with E-state index in [9.17, 15) is 14.7 Å². The lowest BCUT2D eigenvalue weighted by Crippen LogP contribution is -2.60. The second-order valence-corrected chi connectivity index (χ2v) is 10.5. The lowest BCUT2D eigenvalue weighted by atomic mass is 9.81. The van der Waals surface area contributed by atoms with E-state index in [1.54, 1.807) is 30.3 Å². The molecule has 7 nitrogen and oxygen atoms in total. The Morgan fingerprint density at radius 3 is 2.18 bits per heavy atom. The van der Waals surface area contributed by atoms with Crippen LogP contribution in [0.1, 0.15) is 53.1 Å². The van der Waals surface area contributed by atoms with E-state index in [1.165, 1.54) is 5.56 Å². The third-order valence-corrected chi connectivity index (χ3v) is 8.07. The van der Waals surface area contributed by atoms with Crippen molar-refractivity contribution in [1.82, 2.24) is 5.32 Å². The van der Waals surface area contributed by atoms with Crippen LogP contribution < -0.4 is 5.32 Å². The van der Waals surface area contributed by atoms with Crippen LogP contribution in [0.15, 0.2) is 91.0 Å². The summed E-state index contributed by atoms with van der Waals surface area (Å²) >= 11 is 0. The van der Waals surface area contributed by atoms with Gasteiger partial charge in [0.05, 0.1) is 13.2 Å². The number of aliphatic hydroxyl groups is 1. The summed E-state index contributed by atoms with van der Waals surface area (Å²) in [6.45, 7) is -0.0300. The Balaban J connectivity index is 1.28. The first-order chi connectivity index (χ1) is 18.4. The highest BCUT2D eigenvalue weighted by Gasteiger charge is 2.72.